The third-order valence-electron chi connectivity index (χ3n) is 11.0. The molecule has 0 radical (unpaired) electrons. The number of hydrogen-bond acceptors (Lipinski definition) is 11. The molecule has 2 rings (SSSR count). The van der Waals surface area contributed by atoms with Crippen LogP contribution in [0.1, 0.15) is 113 Å². The number of nitrogens with two attached hydrogens (primary N) is 1. The standard InChI is InChI=1S/C49H79N8O12P/c1-12-40(57(29-34(5)67-23-17-16-20-36-18-14-13-15-19-36)41(58)21-24-69-49(10,11)22-25-68-48(7,8)9)47(63)55-38(26-32(2)3)46(62)54-39(27-37-28-51-31-52-37)45(61)53-35(6)44(60)56-42(43(50)59)33(4)30-70(64,65)66/h1,13-15,18-19,28,31-35,38-40,42H,16-17,20-27,29-30H2,2-11H3,(H2,50,59)(H,51,52)(H,53,61)(H,54,62)(H,55,63)(H,56,60)(H2,64,65,66). The average Bonchev–Trinajstić information content (AvgIpc) is 3.76. The van der Waals surface area contributed by atoms with Crippen molar-refractivity contribution >= 4 is 43.0 Å². The smallest absolute Gasteiger partial charge is 0.325 e. The maximum Gasteiger partial charge on any atom is 0.325 e. The van der Waals surface area contributed by atoms with Crippen LogP contribution in [0.2, 0.25) is 0 Å². The van der Waals surface area contributed by atoms with Gasteiger partial charge in [0.25, 0.3) is 5.91 Å². The van der Waals surface area contributed by atoms with Crippen molar-refractivity contribution in [1.29, 1.82) is 0 Å². The summed E-state index contributed by atoms with van der Waals surface area (Å²) in [6.07, 6.45) is 10.5. The molecule has 7 atom stereocenters. The van der Waals surface area contributed by atoms with Gasteiger partial charge >= 0.3 is 7.60 Å². The summed E-state index contributed by atoms with van der Waals surface area (Å²) in [5.74, 6) is -3.61. The van der Waals surface area contributed by atoms with Gasteiger partial charge in [-0.15, -0.1) is 6.42 Å². The van der Waals surface area contributed by atoms with Gasteiger partial charge in [-0.3, -0.25) is 33.3 Å². The van der Waals surface area contributed by atoms with Gasteiger partial charge in [-0.25, -0.2) is 4.98 Å². The zero-order valence-corrected chi connectivity index (χ0v) is 43.5. The molecule has 0 aliphatic rings. The van der Waals surface area contributed by atoms with Gasteiger partial charge in [-0.1, -0.05) is 57.0 Å². The third kappa shape index (κ3) is 24.1. The van der Waals surface area contributed by atoms with Crippen molar-refractivity contribution in [1.82, 2.24) is 36.1 Å². The van der Waals surface area contributed by atoms with Crippen LogP contribution >= 0.6 is 7.60 Å². The molecule has 392 valence electrons. The molecule has 1 aromatic heterocycles. The quantitative estimate of drug-likeness (QED) is 0.0298. The minimum absolute atomic E-state index is 0.0192. The van der Waals surface area contributed by atoms with Gasteiger partial charge in [0.1, 0.15) is 24.2 Å². The lowest BCUT2D eigenvalue weighted by atomic mass is 10.0. The molecule has 6 amide bonds. The van der Waals surface area contributed by atoms with Crippen molar-refractivity contribution in [2.45, 2.75) is 162 Å². The Kier molecular flexibility index (Phi) is 25.5. The summed E-state index contributed by atoms with van der Waals surface area (Å²) in [6.45, 7) is 18.6. The molecule has 0 bridgehead atoms. The lowest BCUT2D eigenvalue weighted by molar-refractivity contribution is -0.143. The number of hydrogen-bond donors (Lipinski definition) is 8. The maximum absolute atomic E-state index is 14.3. The Morgan fingerprint density at radius 1 is 0.857 bits per heavy atom. The van der Waals surface area contributed by atoms with Crippen LogP contribution in [0.5, 0.6) is 0 Å². The van der Waals surface area contributed by atoms with Gasteiger partial charge in [0.2, 0.25) is 29.5 Å². The summed E-state index contributed by atoms with van der Waals surface area (Å²) in [7, 11) is -4.58. The number of primary amides is 1. The van der Waals surface area contributed by atoms with Crippen LogP contribution in [0.15, 0.2) is 42.9 Å². The molecule has 70 heavy (non-hydrogen) atoms. The first-order valence-corrected chi connectivity index (χ1v) is 25.6. The number of terminal acetylenes is 1. The molecule has 2 aromatic rings. The Hall–Kier alpha value is -5.16. The number of imidazole rings is 1. The molecule has 1 aromatic carbocycles. The number of carbonyl (C=O) groups is 6. The molecule has 0 saturated heterocycles. The first kappa shape index (κ1) is 61.0. The Bertz CT molecular complexity index is 2050. The number of H-pyrrole nitrogens is 1. The summed E-state index contributed by atoms with van der Waals surface area (Å²) >= 11 is 0. The Morgan fingerprint density at radius 2 is 1.50 bits per heavy atom. The maximum atomic E-state index is 14.3. The number of aryl methyl sites for hydroxylation is 1. The topological polar surface area (TPSA) is 294 Å². The zero-order valence-electron chi connectivity index (χ0n) is 42.6. The summed E-state index contributed by atoms with van der Waals surface area (Å²) in [6, 6.07) is 3.17. The SMILES string of the molecule is C#CC(C(=O)NC(CC(C)C)C(=O)NC(Cc1cnc[nH]1)C(=O)NC(C)C(=O)NC(C(N)=O)C(C)CP(=O)(O)O)N(CC(C)OCCCCc1ccccc1)C(=O)CCOC(C)(C)CCOC(C)(C)C. The minimum Gasteiger partial charge on any atom is -0.377 e. The fraction of sp³-hybridized carbons (Fsp3) is 0.653. The highest BCUT2D eigenvalue weighted by Gasteiger charge is 2.36. The highest BCUT2D eigenvalue weighted by molar-refractivity contribution is 7.51. The van der Waals surface area contributed by atoms with Crippen molar-refractivity contribution in [3.8, 4) is 12.3 Å². The van der Waals surface area contributed by atoms with Crippen molar-refractivity contribution in [2.24, 2.45) is 17.6 Å². The number of benzene rings is 1. The monoisotopic (exact) mass is 1000 g/mol. The Labute approximate surface area is 413 Å². The molecular formula is C49H79N8O12P. The molecule has 7 unspecified atom stereocenters. The van der Waals surface area contributed by atoms with Gasteiger partial charge in [-0.05, 0) is 98.0 Å². The highest BCUT2D eigenvalue weighted by Crippen LogP contribution is 2.37. The van der Waals surface area contributed by atoms with E-state index in [-0.39, 0.29) is 43.9 Å². The van der Waals surface area contributed by atoms with Crippen LogP contribution in [0.25, 0.3) is 0 Å². The molecule has 1 heterocycles. The summed E-state index contributed by atoms with van der Waals surface area (Å²) < 4.78 is 29.7. The second-order valence-electron chi connectivity index (χ2n) is 19.8. The second-order valence-corrected chi connectivity index (χ2v) is 21.5. The molecule has 0 aliphatic heterocycles. The van der Waals surface area contributed by atoms with Crippen molar-refractivity contribution < 1.29 is 57.3 Å². The van der Waals surface area contributed by atoms with E-state index in [1.807, 2.05) is 66.7 Å². The number of unbranched alkanes of at least 4 members (excludes halogenated alkanes) is 1. The van der Waals surface area contributed by atoms with Crippen LogP contribution in [-0.4, -0.2) is 140 Å². The minimum atomic E-state index is -4.58. The fourth-order valence-corrected chi connectivity index (χ4v) is 8.23. The number of nitrogens with zero attached hydrogens (tertiary/aromatic N) is 2. The first-order valence-electron chi connectivity index (χ1n) is 23.8. The average molecular weight is 1000 g/mol. The van der Waals surface area contributed by atoms with E-state index in [0.717, 1.165) is 19.3 Å². The van der Waals surface area contributed by atoms with E-state index >= 15 is 0 Å². The van der Waals surface area contributed by atoms with Crippen LogP contribution in [0.4, 0.5) is 0 Å². The third-order valence-corrected chi connectivity index (χ3v) is 12.1. The Balaban J connectivity index is 2.32. The van der Waals surface area contributed by atoms with E-state index in [1.54, 1.807) is 6.92 Å². The second kappa shape index (κ2) is 29.2. The van der Waals surface area contributed by atoms with Crippen LogP contribution in [0.3, 0.4) is 0 Å². The van der Waals surface area contributed by atoms with E-state index in [9.17, 15) is 43.1 Å². The lowest BCUT2D eigenvalue weighted by Gasteiger charge is -2.32. The molecule has 20 nitrogen and oxygen atoms in total. The fourth-order valence-electron chi connectivity index (χ4n) is 7.27. The predicted octanol–water partition coefficient (Wildman–Crippen LogP) is 2.91. The highest BCUT2D eigenvalue weighted by atomic mass is 31.2. The van der Waals surface area contributed by atoms with Gasteiger partial charge in [0.15, 0.2) is 6.04 Å². The van der Waals surface area contributed by atoms with Gasteiger partial charge in [0.05, 0.1) is 42.8 Å². The van der Waals surface area contributed by atoms with Gasteiger partial charge in [-0.2, -0.15) is 0 Å². The largest absolute Gasteiger partial charge is 0.377 e. The van der Waals surface area contributed by atoms with Crippen LogP contribution < -0.4 is 27.0 Å². The van der Waals surface area contributed by atoms with Crippen LogP contribution in [-0.2, 0) is 60.4 Å². The van der Waals surface area contributed by atoms with Crippen molar-refractivity contribution in [2.75, 3.05) is 32.5 Å². The number of rotatable bonds is 32. The van der Waals surface area contributed by atoms with E-state index in [2.05, 4.69) is 49.3 Å². The summed E-state index contributed by atoms with van der Waals surface area (Å²) in [5.41, 5.74) is 6.12. The first-order chi connectivity index (χ1) is 32.6. The van der Waals surface area contributed by atoms with Crippen molar-refractivity contribution in [3.63, 3.8) is 0 Å². The predicted molar refractivity (Wildman–Crippen MR) is 265 cm³/mol. The number of aromatic amines is 1. The molecule has 0 fully saturated rings. The summed E-state index contributed by atoms with van der Waals surface area (Å²) in [4.78, 5) is 109. The zero-order chi connectivity index (χ0) is 52.8. The van der Waals surface area contributed by atoms with E-state index in [0.29, 0.717) is 25.3 Å². The van der Waals surface area contributed by atoms with E-state index in [4.69, 9.17) is 26.4 Å². The Morgan fingerprint density at radius 3 is 2.07 bits per heavy atom. The van der Waals surface area contributed by atoms with Gasteiger partial charge < -0.3 is 60.9 Å². The number of carbonyl (C=O) groups excluding carboxylic acids is 6. The van der Waals surface area contributed by atoms with E-state index < -0.39 is 97.0 Å². The molecule has 9 N–H and O–H groups in total. The van der Waals surface area contributed by atoms with Crippen LogP contribution in [0, 0.1) is 24.2 Å². The number of ether oxygens (including phenoxy) is 3. The van der Waals surface area contributed by atoms with Crippen molar-refractivity contribution in [3.05, 3.63) is 54.1 Å². The van der Waals surface area contributed by atoms with Gasteiger partial charge in [0, 0.05) is 38.1 Å². The molecule has 0 aliphatic carbocycles. The lowest BCUT2D eigenvalue weighted by Crippen LogP contribution is -2.60. The number of nitrogens with one attached hydrogen (secondary N) is 5. The normalized spacial score (nSPS) is 15.0. The molecular weight excluding hydrogens is 924 g/mol. The van der Waals surface area contributed by atoms with E-state index in [1.165, 1.54) is 36.8 Å². The molecule has 0 spiro atoms. The molecule has 21 heteroatoms. The number of amides is 6. The number of aromatic nitrogens is 2. The molecule has 0 saturated carbocycles. The summed E-state index contributed by atoms with van der Waals surface area (Å²) in [5, 5.41) is 10.3.